The van der Waals surface area contributed by atoms with E-state index >= 15 is 0 Å². The summed E-state index contributed by atoms with van der Waals surface area (Å²) in [6, 6.07) is 0. The van der Waals surface area contributed by atoms with Crippen molar-refractivity contribution >= 4 is 19.1 Å². The summed E-state index contributed by atoms with van der Waals surface area (Å²) in [5.41, 5.74) is 0. The highest BCUT2D eigenvalue weighted by Crippen LogP contribution is 2.04. The Morgan fingerprint density at radius 2 is 1.50 bits per heavy atom. The van der Waals surface area contributed by atoms with Gasteiger partial charge in [0.25, 0.3) is 0 Å². The van der Waals surface area contributed by atoms with Gasteiger partial charge < -0.3 is 0 Å². The standard InChI is InChI=1S/O2PS/c1-3(2)4. The molecule has 23 valence electrons. The Morgan fingerprint density at radius 3 is 1.50 bits per heavy atom. The molecule has 0 fully saturated rings. The highest BCUT2D eigenvalue weighted by atomic mass is 32.7. The first-order valence-corrected chi connectivity index (χ1v) is 2.74. The molecule has 0 spiro atoms. The maximum Gasteiger partial charge on any atom is 0.390 e. The van der Waals surface area contributed by atoms with Gasteiger partial charge >= 0.3 is 6.88 Å². The minimum Gasteiger partial charge on any atom is -0.224 e. The molecular weight excluding hydrogens is 95.0 g/mol. The SMILES string of the molecule is O=P(=O)[S]. The average Bonchev–Trinajstić information content (AvgIpc) is 0.811. The van der Waals surface area contributed by atoms with Crippen molar-refractivity contribution in [2.75, 3.05) is 0 Å². The van der Waals surface area contributed by atoms with Crippen LogP contribution in [0.2, 0.25) is 0 Å². The summed E-state index contributed by atoms with van der Waals surface area (Å²) in [5.74, 6) is 0. The average molecular weight is 95.0 g/mol. The molecule has 0 bridgehead atoms. The topological polar surface area (TPSA) is 34.1 Å². The van der Waals surface area contributed by atoms with E-state index in [0.29, 0.717) is 0 Å². The molecule has 0 amide bonds. The summed E-state index contributed by atoms with van der Waals surface area (Å²) in [5, 5.41) is 0. The second kappa shape index (κ2) is 1.56. The Kier molecular flexibility index (Phi) is 1.66. The lowest BCUT2D eigenvalue weighted by Crippen LogP contribution is -0.955. The smallest absolute Gasteiger partial charge is 0.224 e. The normalized spacial score (nSPS) is 6.25. The maximum atomic E-state index is 8.85. The van der Waals surface area contributed by atoms with Crippen LogP contribution in [0.15, 0.2) is 0 Å². The second-order valence-electron chi connectivity index (χ2n) is 0.224. The van der Waals surface area contributed by atoms with Crippen LogP contribution in [0.1, 0.15) is 0 Å². The van der Waals surface area contributed by atoms with Crippen LogP contribution >= 0.6 is 19.1 Å². The van der Waals surface area contributed by atoms with E-state index in [9.17, 15) is 0 Å². The number of hydrogen-bond acceptors (Lipinski definition) is 2. The van der Waals surface area contributed by atoms with Crippen molar-refractivity contribution in [2.45, 2.75) is 0 Å². The predicted molar refractivity (Wildman–Crippen MR) is 15.9 cm³/mol. The highest BCUT2D eigenvalue weighted by Gasteiger charge is 1.59. The summed E-state index contributed by atoms with van der Waals surface area (Å²) in [6.45, 7) is -2.54. The Balaban J connectivity index is 3.51. The number of rotatable bonds is 0. The number of hydrogen-bond donors (Lipinski definition) is 0. The fraction of sp³-hybridized carbons (Fsp3) is 0. The van der Waals surface area contributed by atoms with Crippen LogP contribution in [0.4, 0.5) is 0 Å². The van der Waals surface area contributed by atoms with E-state index in [2.05, 4.69) is 12.2 Å². The van der Waals surface area contributed by atoms with Crippen LogP contribution in [0.25, 0.3) is 0 Å². The van der Waals surface area contributed by atoms with Gasteiger partial charge in [-0.3, -0.25) is 0 Å². The molecule has 0 saturated heterocycles. The van der Waals surface area contributed by atoms with E-state index in [-0.39, 0.29) is 0 Å². The Morgan fingerprint density at radius 1 is 1.50 bits per heavy atom. The van der Waals surface area contributed by atoms with E-state index < -0.39 is 6.88 Å². The molecule has 4 heavy (non-hydrogen) atoms. The molecule has 0 aromatic heterocycles. The third-order valence-electron chi connectivity index (χ3n) is 0. The fourth-order valence-electron chi connectivity index (χ4n) is 0. The molecule has 0 aromatic rings. The van der Waals surface area contributed by atoms with Gasteiger partial charge in [0.05, 0.1) is 12.2 Å². The van der Waals surface area contributed by atoms with Gasteiger partial charge in [0.1, 0.15) is 0 Å². The zero-order valence-corrected chi connectivity index (χ0v) is 3.38. The van der Waals surface area contributed by atoms with Gasteiger partial charge in [-0.2, -0.15) is 0 Å². The minimum absolute atomic E-state index is 2.54. The second-order valence-corrected chi connectivity index (χ2v) is 1.57. The van der Waals surface area contributed by atoms with Crippen molar-refractivity contribution in [3.63, 3.8) is 0 Å². The summed E-state index contributed by atoms with van der Waals surface area (Å²) in [7, 11) is 0. The molecular formula is O2PS. The van der Waals surface area contributed by atoms with Crippen molar-refractivity contribution in [2.24, 2.45) is 0 Å². The zero-order valence-electron chi connectivity index (χ0n) is 1.67. The van der Waals surface area contributed by atoms with Gasteiger partial charge in [-0.15, -0.1) is 0 Å². The maximum absolute atomic E-state index is 8.85. The molecule has 0 atom stereocenters. The van der Waals surface area contributed by atoms with Crippen molar-refractivity contribution in [3.05, 3.63) is 0 Å². The van der Waals surface area contributed by atoms with Gasteiger partial charge in [-0.1, -0.05) is 0 Å². The monoisotopic (exact) mass is 94.9 g/mol. The van der Waals surface area contributed by atoms with E-state index in [1.165, 1.54) is 0 Å². The van der Waals surface area contributed by atoms with Crippen LogP contribution in [0.3, 0.4) is 0 Å². The van der Waals surface area contributed by atoms with Crippen LogP contribution in [-0.2, 0) is 9.13 Å². The first-order chi connectivity index (χ1) is 1.73. The summed E-state index contributed by atoms with van der Waals surface area (Å²) >= 11 is 3.57. The molecule has 0 heterocycles. The molecule has 0 N–H and O–H groups in total. The van der Waals surface area contributed by atoms with Crippen molar-refractivity contribution in [1.29, 1.82) is 0 Å². The first kappa shape index (κ1) is 4.25. The summed E-state index contributed by atoms with van der Waals surface area (Å²) in [6.07, 6.45) is 0. The van der Waals surface area contributed by atoms with Crippen molar-refractivity contribution < 1.29 is 9.13 Å². The third kappa shape index (κ3) is 56.3. The highest BCUT2D eigenvalue weighted by molar-refractivity contribution is 8.36. The Hall–Kier alpha value is 0.250. The Bertz CT molecular complexity index is 54.4. The minimum atomic E-state index is -2.54. The molecule has 1 radical (unpaired) electrons. The van der Waals surface area contributed by atoms with Gasteiger partial charge in [-0.05, 0) is 0 Å². The van der Waals surface area contributed by atoms with Crippen molar-refractivity contribution in [1.82, 2.24) is 0 Å². The third-order valence-corrected chi connectivity index (χ3v) is 0. The molecule has 0 aromatic carbocycles. The van der Waals surface area contributed by atoms with Crippen LogP contribution in [0, 0.1) is 0 Å². The molecule has 4 heteroatoms. The predicted octanol–water partition coefficient (Wildman–Crippen LogP) is 1.27. The lowest BCUT2D eigenvalue weighted by Gasteiger charge is -1.29. The largest absolute Gasteiger partial charge is 0.390 e. The van der Waals surface area contributed by atoms with Crippen LogP contribution < -0.4 is 0 Å². The molecule has 0 rings (SSSR count). The van der Waals surface area contributed by atoms with Gasteiger partial charge in [0.2, 0.25) is 0 Å². The fourth-order valence-corrected chi connectivity index (χ4v) is 0. The molecule has 0 saturated carbocycles. The van der Waals surface area contributed by atoms with Gasteiger partial charge in [0.15, 0.2) is 0 Å². The summed E-state index contributed by atoms with van der Waals surface area (Å²) < 4.78 is 17.7. The van der Waals surface area contributed by atoms with Gasteiger partial charge in [-0.25, -0.2) is 9.13 Å². The zero-order chi connectivity index (χ0) is 3.58. The van der Waals surface area contributed by atoms with Crippen molar-refractivity contribution in [3.8, 4) is 0 Å². The van der Waals surface area contributed by atoms with E-state index in [1.54, 1.807) is 0 Å². The molecule has 0 aliphatic heterocycles. The molecule has 0 aliphatic rings. The van der Waals surface area contributed by atoms with E-state index in [4.69, 9.17) is 9.13 Å². The van der Waals surface area contributed by atoms with Gasteiger partial charge in [0, 0.05) is 0 Å². The van der Waals surface area contributed by atoms with Crippen LogP contribution in [0.5, 0.6) is 0 Å². The molecule has 0 unspecified atom stereocenters. The lowest BCUT2D eigenvalue weighted by molar-refractivity contribution is 0.528. The van der Waals surface area contributed by atoms with E-state index in [1.807, 2.05) is 0 Å². The summed E-state index contributed by atoms with van der Waals surface area (Å²) in [4.78, 5) is 0. The molecule has 0 aliphatic carbocycles. The Labute approximate surface area is 29.2 Å². The molecule has 2 nitrogen and oxygen atoms in total. The van der Waals surface area contributed by atoms with E-state index in [0.717, 1.165) is 0 Å². The quantitative estimate of drug-likeness (QED) is 0.424. The van der Waals surface area contributed by atoms with Crippen LogP contribution in [-0.4, -0.2) is 0 Å². The first-order valence-electron chi connectivity index (χ1n) is 0.548. The lowest BCUT2D eigenvalue weighted by atomic mass is 15.9.